The molecule has 1 aromatic rings. The maximum Gasteiger partial charge on any atom is 0.294 e. The van der Waals surface area contributed by atoms with Gasteiger partial charge in [-0.1, -0.05) is 17.7 Å². The van der Waals surface area contributed by atoms with Crippen LogP contribution in [-0.2, 0) is 4.79 Å². The average molecular weight is 269 g/mol. The maximum absolute atomic E-state index is 11.0. The van der Waals surface area contributed by atoms with Crippen molar-refractivity contribution < 1.29 is 9.72 Å². The van der Waals surface area contributed by atoms with Gasteiger partial charge in [0.1, 0.15) is 12.0 Å². The number of hydrogen-bond donors (Lipinski definition) is 0. The molecule has 0 bridgehead atoms. The van der Waals surface area contributed by atoms with Gasteiger partial charge in [0.25, 0.3) is 5.69 Å². The van der Waals surface area contributed by atoms with Crippen LogP contribution in [0.5, 0.6) is 0 Å². The van der Waals surface area contributed by atoms with Crippen LogP contribution in [0.15, 0.2) is 18.2 Å². The number of nitrogens with zero attached hydrogens (tertiary/aromatic N) is 2. The van der Waals surface area contributed by atoms with E-state index in [0.717, 1.165) is 19.1 Å². The first-order chi connectivity index (χ1) is 8.63. The van der Waals surface area contributed by atoms with E-state index in [0.29, 0.717) is 23.8 Å². The van der Waals surface area contributed by atoms with Crippen LogP contribution in [0.2, 0.25) is 5.02 Å². The number of piperidine rings is 1. The van der Waals surface area contributed by atoms with Crippen molar-refractivity contribution >= 4 is 29.3 Å². The van der Waals surface area contributed by atoms with Gasteiger partial charge in [-0.3, -0.25) is 10.1 Å². The summed E-state index contributed by atoms with van der Waals surface area (Å²) in [5.74, 6) is -0.0744. The molecular weight excluding hydrogens is 256 g/mol. The standard InChI is InChI=1S/C12H13ClN2O3/c13-10-4-1-5-11(15(17)18)12(10)14-6-2-3-9(7-14)8-16/h1,4-5,8-9H,2-3,6-7H2. The highest BCUT2D eigenvalue weighted by molar-refractivity contribution is 6.33. The molecule has 5 nitrogen and oxygen atoms in total. The molecule has 1 aliphatic rings. The van der Waals surface area contributed by atoms with Gasteiger partial charge in [-0.2, -0.15) is 0 Å². The third-order valence-electron chi connectivity index (χ3n) is 3.13. The summed E-state index contributed by atoms with van der Waals surface area (Å²) >= 11 is 6.06. The molecule has 1 aliphatic heterocycles. The van der Waals surface area contributed by atoms with Crippen LogP contribution in [0.3, 0.4) is 0 Å². The third-order valence-corrected chi connectivity index (χ3v) is 3.43. The highest BCUT2D eigenvalue weighted by Gasteiger charge is 2.27. The summed E-state index contributed by atoms with van der Waals surface area (Å²) in [5.41, 5.74) is 0.421. The predicted octanol–water partition coefficient (Wildman–Crippen LogP) is 2.66. The van der Waals surface area contributed by atoms with Crippen molar-refractivity contribution in [2.24, 2.45) is 5.92 Å². The van der Waals surface area contributed by atoms with E-state index < -0.39 is 4.92 Å². The Morgan fingerprint density at radius 2 is 2.28 bits per heavy atom. The second kappa shape index (κ2) is 5.35. The molecule has 18 heavy (non-hydrogen) atoms. The van der Waals surface area contributed by atoms with Gasteiger partial charge < -0.3 is 9.69 Å². The second-order valence-electron chi connectivity index (χ2n) is 4.35. The molecule has 0 N–H and O–H groups in total. The molecule has 0 aliphatic carbocycles. The van der Waals surface area contributed by atoms with Gasteiger partial charge in [0.05, 0.1) is 9.95 Å². The van der Waals surface area contributed by atoms with E-state index in [4.69, 9.17) is 11.6 Å². The lowest BCUT2D eigenvalue weighted by molar-refractivity contribution is -0.384. The number of hydrogen-bond acceptors (Lipinski definition) is 4. The number of carbonyl (C=O) groups excluding carboxylic acids is 1. The number of nitro benzene ring substituents is 1. The first-order valence-corrected chi connectivity index (χ1v) is 6.14. The smallest absolute Gasteiger partial charge is 0.294 e. The minimum absolute atomic E-state index is 0.00551. The fourth-order valence-corrected chi connectivity index (χ4v) is 2.58. The largest absolute Gasteiger partial charge is 0.364 e. The van der Waals surface area contributed by atoms with Crippen LogP contribution in [0.4, 0.5) is 11.4 Å². The number of anilines is 1. The van der Waals surface area contributed by atoms with E-state index in [9.17, 15) is 14.9 Å². The zero-order chi connectivity index (χ0) is 13.1. The fraction of sp³-hybridized carbons (Fsp3) is 0.417. The summed E-state index contributed by atoms with van der Waals surface area (Å²) < 4.78 is 0. The highest BCUT2D eigenvalue weighted by atomic mass is 35.5. The zero-order valence-electron chi connectivity index (χ0n) is 9.71. The van der Waals surface area contributed by atoms with E-state index in [1.807, 2.05) is 4.90 Å². The molecule has 1 aromatic carbocycles. The SMILES string of the molecule is O=CC1CCCN(c2c(Cl)cccc2[N+](=O)[O-])C1. The third kappa shape index (κ3) is 2.46. The summed E-state index contributed by atoms with van der Waals surface area (Å²) in [7, 11) is 0. The Morgan fingerprint density at radius 1 is 1.50 bits per heavy atom. The minimum Gasteiger partial charge on any atom is -0.364 e. The number of aldehydes is 1. The van der Waals surface area contributed by atoms with Gasteiger partial charge in [-0.25, -0.2) is 0 Å². The molecule has 1 atom stereocenters. The van der Waals surface area contributed by atoms with Gasteiger partial charge in [-0.05, 0) is 18.9 Å². The number of nitro groups is 1. The molecular formula is C12H13ClN2O3. The molecule has 1 fully saturated rings. The van der Waals surface area contributed by atoms with E-state index >= 15 is 0 Å². The Labute approximate surface area is 109 Å². The number of carbonyl (C=O) groups is 1. The molecule has 1 unspecified atom stereocenters. The van der Waals surface area contributed by atoms with Crippen molar-refractivity contribution in [2.45, 2.75) is 12.8 Å². The summed E-state index contributed by atoms with van der Waals surface area (Å²) in [5, 5.41) is 11.4. The van der Waals surface area contributed by atoms with Crippen LogP contribution < -0.4 is 4.90 Å². The Bertz CT molecular complexity index is 478. The summed E-state index contributed by atoms with van der Waals surface area (Å²) in [6, 6.07) is 4.63. The van der Waals surface area contributed by atoms with E-state index in [2.05, 4.69) is 0 Å². The molecule has 0 amide bonds. The Morgan fingerprint density at radius 3 is 2.94 bits per heavy atom. The number of rotatable bonds is 3. The molecule has 96 valence electrons. The van der Waals surface area contributed by atoms with E-state index in [1.165, 1.54) is 6.07 Å². The van der Waals surface area contributed by atoms with Crippen LogP contribution in [0.25, 0.3) is 0 Å². The monoisotopic (exact) mass is 268 g/mol. The van der Waals surface area contributed by atoms with Crippen molar-refractivity contribution in [1.29, 1.82) is 0 Å². The number of halogens is 1. The van der Waals surface area contributed by atoms with Gasteiger partial charge in [0.2, 0.25) is 0 Å². The van der Waals surface area contributed by atoms with E-state index in [-0.39, 0.29) is 11.6 Å². The Kier molecular flexibility index (Phi) is 3.81. The molecule has 0 saturated carbocycles. The molecule has 1 saturated heterocycles. The summed E-state index contributed by atoms with van der Waals surface area (Å²) in [6.45, 7) is 1.18. The van der Waals surface area contributed by atoms with Gasteiger partial charge >= 0.3 is 0 Å². The van der Waals surface area contributed by atoms with E-state index in [1.54, 1.807) is 12.1 Å². The fourth-order valence-electron chi connectivity index (χ4n) is 2.29. The number of benzene rings is 1. The second-order valence-corrected chi connectivity index (χ2v) is 4.76. The summed E-state index contributed by atoms with van der Waals surface area (Å²) in [6.07, 6.45) is 2.58. The molecule has 0 aromatic heterocycles. The number of para-hydroxylation sites is 1. The maximum atomic E-state index is 11.0. The van der Waals surface area contributed by atoms with Crippen molar-refractivity contribution in [3.05, 3.63) is 33.3 Å². The van der Waals surface area contributed by atoms with Gasteiger partial charge in [-0.15, -0.1) is 0 Å². The molecule has 0 spiro atoms. The van der Waals surface area contributed by atoms with Gasteiger partial charge in [0.15, 0.2) is 0 Å². The first kappa shape index (κ1) is 12.8. The van der Waals surface area contributed by atoms with Crippen molar-refractivity contribution in [3.8, 4) is 0 Å². The average Bonchev–Trinajstić information content (AvgIpc) is 2.38. The quantitative estimate of drug-likeness (QED) is 0.480. The van der Waals surface area contributed by atoms with Gasteiger partial charge in [0, 0.05) is 25.1 Å². The van der Waals surface area contributed by atoms with Crippen LogP contribution in [0.1, 0.15) is 12.8 Å². The summed E-state index contributed by atoms with van der Waals surface area (Å²) in [4.78, 5) is 23.3. The highest BCUT2D eigenvalue weighted by Crippen LogP contribution is 2.37. The van der Waals surface area contributed by atoms with Crippen LogP contribution >= 0.6 is 11.6 Å². The Balaban J connectivity index is 2.37. The predicted molar refractivity (Wildman–Crippen MR) is 69.1 cm³/mol. The lowest BCUT2D eigenvalue weighted by atomic mass is 9.99. The van der Waals surface area contributed by atoms with Crippen LogP contribution in [0, 0.1) is 16.0 Å². The lowest BCUT2D eigenvalue weighted by Gasteiger charge is -2.32. The normalized spacial score (nSPS) is 19.6. The molecule has 1 heterocycles. The van der Waals surface area contributed by atoms with Crippen molar-refractivity contribution in [3.63, 3.8) is 0 Å². The van der Waals surface area contributed by atoms with Crippen LogP contribution in [-0.4, -0.2) is 24.3 Å². The Hall–Kier alpha value is -1.62. The first-order valence-electron chi connectivity index (χ1n) is 5.76. The molecule has 2 rings (SSSR count). The molecule has 6 heteroatoms. The van der Waals surface area contributed by atoms with Crippen molar-refractivity contribution in [1.82, 2.24) is 0 Å². The lowest BCUT2D eigenvalue weighted by Crippen LogP contribution is -2.36. The topological polar surface area (TPSA) is 63.5 Å². The molecule has 0 radical (unpaired) electrons. The zero-order valence-corrected chi connectivity index (χ0v) is 10.5. The minimum atomic E-state index is -0.439. The van der Waals surface area contributed by atoms with Crippen molar-refractivity contribution in [2.75, 3.05) is 18.0 Å².